The molecule has 38 heavy (non-hydrogen) atoms. The number of imidazole rings is 1. The predicted octanol–water partition coefficient (Wildman–Crippen LogP) is 4.85. The normalized spacial score (nSPS) is 22.2. The number of ether oxygens (including phenoxy) is 1. The van der Waals surface area contributed by atoms with E-state index in [-0.39, 0.29) is 5.82 Å². The zero-order chi connectivity index (χ0) is 26.5. The second-order valence-corrected chi connectivity index (χ2v) is 10.0. The van der Waals surface area contributed by atoms with Crippen LogP contribution in [0, 0.1) is 5.92 Å². The van der Waals surface area contributed by atoms with E-state index in [4.69, 9.17) is 14.7 Å². The molecular weight excluding hydrogens is 495 g/mol. The number of morpholine rings is 1. The Labute approximate surface area is 221 Å². The Bertz CT molecular complexity index is 1190. The lowest BCUT2D eigenvalue weighted by molar-refractivity contribution is 0.0805. The van der Waals surface area contributed by atoms with E-state index in [0.717, 1.165) is 12.6 Å². The smallest absolute Gasteiger partial charge is 0.296 e. The molecule has 0 bridgehead atoms. The van der Waals surface area contributed by atoms with Gasteiger partial charge in [0.05, 0.1) is 31.4 Å². The third-order valence-electron chi connectivity index (χ3n) is 7.82. The molecule has 2 aliphatic heterocycles. The minimum atomic E-state index is -2.72. The van der Waals surface area contributed by atoms with Crippen molar-refractivity contribution in [3.63, 3.8) is 0 Å². The van der Waals surface area contributed by atoms with Crippen molar-refractivity contribution in [3.05, 3.63) is 36.2 Å². The van der Waals surface area contributed by atoms with Gasteiger partial charge in [0, 0.05) is 31.7 Å². The lowest BCUT2D eigenvalue weighted by Crippen LogP contribution is -2.46. The first-order valence-electron chi connectivity index (χ1n) is 13.5. The first kappa shape index (κ1) is 26.7. The summed E-state index contributed by atoms with van der Waals surface area (Å²) in [6.45, 7) is 5.90. The fourth-order valence-electron chi connectivity index (χ4n) is 5.66. The number of nitrogens with one attached hydrogen (secondary N) is 1. The largest absolute Gasteiger partial charge is 0.378 e. The quantitative estimate of drug-likeness (QED) is 0.467. The summed E-state index contributed by atoms with van der Waals surface area (Å²) in [5, 5.41) is 3.45. The highest BCUT2D eigenvalue weighted by Gasteiger charge is 2.29. The Morgan fingerprint density at radius 2 is 1.66 bits per heavy atom. The number of rotatable bonds is 7. The summed E-state index contributed by atoms with van der Waals surface area (Å²) in [7, 11) is 0.500. The van der Waals surface area contributed by atoms with Crippen molar-refractivity contribution in [1.29, 1.82) is 0 Å². The minimum Gasteiger partial charge on any atom is -0.378 e. The van der Waals surface area contributed by atoms with Crippen LogP contribution in [0.3, 0.4) is 0 Å². The Morgan fingerprint density at radius 1 is 0.947 bits per heavy atom. The molecule has 3 aliphatic rings. The molecule has 8 nitrogen and oxygen atoms in total. The second kappa shape index (κ2) is 12.3. The molecular formula is C27H36F3N7O. The van der Waals surface area contributed by atoms with Crippen LogP contribution in [-0.4, -0.2) is 83.6 Å². The van der Waals surface area contributed by atoms with Crippen LogP contribution in [0.15, 0.2) is 30.3 Å². The maximum atomic E-state index is 14.0. The Balaban J connectivity index is 0.00000144. The third-order valence-corrected chi connectivity index (χ3v) is 7.82. The lowest BCUT2D eigenvalue weighted by atomic mass is 9.84. The zero-order valence-electron chi connectivity index (χ0n) is 21.8. The summed E-state index contributed by atoms with van der Waals surface area (Å²) in [5.41, 5.74) is 1.13. The molecule has 206 valence electrons. The van der Waals surface area contributed by atoms with E-state index in [9.17, 15) is 13.2 Å². The van der Waals surface area contributed by atoms with Gasteiger partial charge in [-0.2, -0.15) is 9.97 Å². The molecule has 0 atom stereocenters. The maximum absolute atomic E-state index is 14.0. The van der Waals surface area contributed by atoms with E-state index >= 15 is 0 Å². The highest BCUT2D eigenvalue weighted by molar-refractivity contribution is 5.78. The molecule has 1 saturated carbocycles. The van der Waals surface area contributed by atoms with Gasteiger partial charge in [-0.1, -0.05) is 12.1 Å². The van der Waals surface area contributed by atoms with Gasteiger partial charge in [0.25, 0.3) is 6.43 Å². The second-order valence-electron chi connectivity index (χ2n) is 10.0. The Hall–Kier alpha value is -2.92. The SMILES string of the molecule is CF.FC(F)c1nc2ccccc2n1-c1cc(N2CCOCC2)nc(NCC2CCC(N3CCC3)CC2)n1. The lowest BCUT2D eigenvalue weighted by Gasteiger charge is -2.42. The van der Waals surface area contributed by atoms with Crippen LogP contribution in [0.4, 0.5) is 24.9 Å². The van der Waals surface area contributed by atoms with Crippen molar-refractivity contribution in [2.24, 2.45) is 5.92 Å². The van der Waals surface area contributed by atoms with Gasteiger partial charge in [-0.25, -0.2) is 13.8 Å². The maximum Gasteiger partial charge on any atom is 0.296 e. The van der Waals surface area contributed by atoms with Gasteiger partial charge < -0.3 is 19.9 Å². The molecule has 2 aromatic heterocycles. The van der Waals surface area contributed by atoms with Crippen molar-refractivity contribution >= 4 is 22.8 Å². The summed E-state index contributed by atoms with van der Waals surface area (Å²) in [6, 6.07) is 9.71. The number of hydrogen-bond acceptors (Lipinski definition) is 7. The molecule has 0 radical (unpaired) electrons. The van der Waals surface area contributed by atoms with Crippen LogP contribution in [-0.2, 0) is 4.74 Å². The number of aromatic nitrogens is 4. The van der Waals surface area contributed by atoms with E-state index in [1.807, 2.05) is 6.07 Å². The van der Waals surface area contributed by atoms with Crippen molar-refractivity contribution in [1.82, 2.24) is 24.4 Å². The average molecular weight is 532 g/mol. The summed E-state index contributed by atoms with van der Waals surface area (Å²) in [4.78, 5) is 18.4. The van der Waals surface area contributed by atoms with Gasteiger partial charge >= 0.3 is 0 Å². The molecule has 0 amide bonds. The van der Waals surface area contributed by atoms with Crippen molar-refractivity contribution < 1.29 is 17.9 Å². The van der Waals surface area contributed by atoms with Gasteiger partial charge in [-0.3, -0.25) is 8.96 Å². The highest BCUT2D eigenvalue weighted by atomic mass is 19.3. The van der Waals surface area contributed by atoms with Crippen LogP contribution in [0.25, 0.3) is 16.9 Å². The number of fused-ring (bicyclic) bond motifs is 1. The van der Waals surface area contributed by atoms with Crippen LogP contribution >= 0.6 is 0 Å². The molecule has 2 saturated heterocycles. The molecule has 1 aromatic carbocycles. The minimum absolute atomic E-state index is 0.307. The van der Waals surface area contributed by atoms with E-state index in [2.05, 4.69) is 20.1 Å². The number of anilines is 2. The molecule has 0 unspecified atom stereocenters. The molecule has 4 heterocycles. The number of likely N-dealkylation sites (tertiary alicyclic amines) is 1. The monoisotopic (exact) mass is 531 g/mol. The molecule has 1 N–H and O–H groups in total. The number of alkyl halides is 3. The van der Waals surface area contributed by atoms with E-state index in [1.165, 1.54) is 49.8 Å². The predicted molar refractivity (Wildman–Crippen MR) is 142 cm³/mol. The Kier molecular flexibility index (Phi) is 8.63. The molecule has 3 aromatic rings. The summed E-state index contributed by atoms with van der Waals surface area (Å²) in [6.07, 6.45) is 3.46. The van der Waals surface area contributed by atoms with Crippen molar-refractivity contribution in [3.8, 4) is 5.82 Å². The van der Waals surface area contributed by atoms with Crippen LogP contribution < -0.4 is 10.2 Å². The number of nitrogens with zero attached hydrogens (tertiary/aromatic N) is 6. The third kappa shape index (κ3) is 5.73. The standard InChI is InChI=1S/C26H33F2N7O.CH3F/c27-24(28)25-30-20-4-1-2-5-21(20)35(25)23-16-22(34-12-14-36-15-13-34)31-26(32-23)29-17-18-6-8-19(9-7-18)33-10-3-11-33;1-2/h1-2,4-5,16,18-19,24H,3,6-15,17H2,(H,29,31,32);1H3. The fraction of sp³-hybridized carbons (Fsp3) is 0.593. The Morgan fingerprint density at radius 3 is 2.34 bits per heavy atom. The van der Waals surface area contributed by atoms with Crippen molar-refractivity contribution in [2.75, 3.05) is 63.3 Å². The summed E-state index contributed by atoms with van der Waals surface area (Å²) >= 11 is 0. The molecule has 11 heteroatoms. The highest BCUT2D eigenvalue weighted by Crippen LogP contribution is 2.31. The first-order chi connectivity index (χ1) is 18.7. The van der Waals surface area contributed by atoms with Gasteiger partial charge in [0.1, 0.15) is 11.6 Å². The van der Waals surface area contributed by atoms with Gasteiger partial charge in [0.2, 0.25) is 5.95 Å². The van der Waals surface area contributed by atoms with Gasteiger partial charge in [-0.15, -0.1) is 0 Å². The number of hydrogen-bond donors (Lipinski definition) is 1. The van der Waals surface area contributed by atoms with E-state index in [0.29, 0.717) is 68.0 Å². The van der Waals surface area contributed by atoms with Gasteiger partial charge in [0.15, 0.2) is 5.82 Å². The average Bonchev–Trinajstić information content (AvgIpc) is 3.33. The van der Waals surface area contributed by atoms with Crippen LogP contribution in [0.5, 0.6) is 0 Å². The van der Waals surface area contributed by atoms with Crippen LogP contribution in [0.2, 0.25) is 0 Å². The first-order valence-corrected chi connectivity index (χ1v) is 13.5. The van der Waals surface area contributed by atoms with E-state index < -0.39 is 6.43 Å². The molecule has 0 spiro atoms. The van der Waals surface area contributed by atoms with E-state index in [1.54, 1.807) is 24.3 Å². The molecule has 1 aliphatic carbocycles. The topological polar surface area (TPSA) is 71.3 Å². The number of benzene rings is 1. The van der Waals surface area contributed by atoms with Crippen molar-refractivity contribution in [2.45, 2.75) is 44.6 Å². The molecule has 3 fully saturated rings. The fourth-order valence-corrected chi connectivity index (χ4v) is 5.66. The summed E-state index contributed by atoms with van der Waals surface area (Å²) in [5.74, 6) is 1.84. The van der Waals surface area contributed by atoms with Crippen LogP contribution in [0.1, 0.15) is 44.4 Å². The zero-order valence-corrected chi connectivity index (χ0v) is 21.8. The number of para-hydroxylation sites is 2. The molecule has 6 rings (SSSR count). The number of halogens is 3. The summed E-state index contributed by atoms with van der Waals surface area (Å²) < 4.78 is 44.6. The van der Waals surface area contributed by atoms with Gasteiger partial charge in [-0.05, 0) is 63.2 Å².